The molecule has 0 fully saturated rings. The second-order valence-corrected chi connectivity index (χ2v) is 6.59. The zero-order valence-corrected chi connectivity index (χ0v) is 15.1. The molecule has 3 nitrogen and oxygen atoms in total. The lowest BCUT2D eigenvalue weighted by atomic mass is 10.1. The molecule has 2 rings (SSSR count). The van der Waals surface area contributed by atoms with Crippen molar-refractivity contribution >= 4 is 39.1 Å². The van der Waals surface area contributed by atoms with Crippen LogP contribution in [0.15, 0.2) is 28.7 Å². The molecule has 0 N–H and O–H groups in total. The maximum atomic E-state index is 6.32. The zero-order valence-electron chi connectivity index (χ0n) is 12.0. The Morgan fingerprint density at radius 1 is 1.19 bits per heavy atom. The van der Waals surface area contributed by atoms with Gasteiger partial charge in [0.2, 0.25) is 0 Å². The van der Waals surface area contributed by atoms with E-state index in [4.69, 9.17) is 27.9 Å². The highest BCUT2D eigenvalue weighted by atomic mass is 79.9. The highest BCUT2D eigenvalue weighted by Crippen LogP contribution is 2.35. The fraction of sp³-hybridized carbons (Fsp3) is 0.333. The summed E-state index contributed by atoms with van der Waals surface area (Å²) in [6.45, 7) is 6.24. The summed E-state index contributed by atoms with van der Waals surface area (Å²) in [7, 11) is 0. The van der Waals surface area contributed by atoms with Gasteiger partial charge in [0.15, 0.2) is 5.82 Å². The van der Waals surface area contributed by atoms with Gasteiger partial charge < -0.3 is 4.74 Å². The molecule has 0 radical (unpaired) electrons. The third-order valence-corrected chi connectivity index (χ3v) is 4.02. The van der Waals surface area contributed by atoms with Gasteiger partial charge in [-0.3, -0.25) is 0 Å². The molecule has 0 aliphatic carbocycles. The van der Waals surface area contributed by atoms with Crippen molar-refractivity contribution < 1.29 is 4.74 Å². The number of benzene rings is 1. The van der Waals surface area contributed by atoms with Crippen molar-refractivity contribution in [3.63, 3.8) is 0 Å². The summed E-state index contributed by atoms with van der Waals surface area (Å²) in [5.41, 5.74) is 0.841. The van der Waals surface area contributed by atoms with Crippen molar-refractivity contribution in [2.45, 2.75) is 26.4 Å². The number of hydrogen-bond acceptors (Lipinski definition) is 3. The molecule has 0 bridgehead atoms. The van der Waals surface area contributed by atoms with Gasteiger partial charge in [-0.2, -0.15) is 0 Å². The van der Waals surface area contributed by atoms with Crippen LogP contribution in [0.25, 0.3) is 11.1 Å². The van der Waals surface area contributed by atoms with E-state index in [0.29, 0.717) is 28.3 Å². The zero-order chi connectivity index (χ0) is 15.6. The topological polar surface area (TPSA) is 35.0 Å². The molecule has 1 heterocycles. The molecule has 0 unspecified atom stereocenters. The minimum absolute atomic E-state index is 0.316. The molecule has 0 spiro atoms. The van der Waals surface area contributed by atoms with Crippen LogP contribution in [0.5, 0.6) is 0 Å². The average molecular weight is 390 g/mol. The molecule has 0 aliphatic heterocycles. The minimum Gasteiger partial charge on any atom is -0.368 e. The molecule has 1 aromatic heterocycles. The first-order chi connectivity index (χ1) is 9.85. The molecule has 0 atom stereocenters. The largest absolute Gasteiger partial charge is 0.368 e. The SMILES string of the molecule is CCOC(C)(C)c1nc(Cl)c(-c2cccc(Br)c2)c(Cl)n1. The Balaban J connectivity index is 2.52. The molecule has 0 saturated heterocycles. The van der Waals surface area contributed by atoms with E-state index in [2.05, 4.69) is 25.9 Å². The van der Waals surface area contributed by atoms with Gasteiger partial charge in [0, 0.05) is 11.1 Å². The second-order valence-electron chi connectivity index (χ2n) is 4.96. The first-order valence-electron chi connectivity index (χ1n) is 6.48. The lowest BCUT2D eigenvalue weighted by Gasteiger charge is -2.23. The van der Waals surface area contributed by atoms with E-state index in [1.807, 2.05) is 45.0 Å². The number of ether oxygens (including phenoxy) is 1. The van der Waals surface area contributed by atoms with Gasteiger partial charge in [0.1, 0.15) is 15.9 Å². The van der Waals surface area contributed by atoms with Crippen molar-refractivity contribution in [3.8, 4) is 11.1 Å². The number of halogens is 3. The Bertz CT molecular complexity index is 639. The Labute approximate surface area is 142 Å². The fourth-order valence-corrected chi connectivity index (χ4v) is 2.99. The van der Waals surface area contributed by atoms with Crippen LogP contribution in [0.1, 0.15) is 26.6 Å². The van der Waals surface area contributed by atoms with Gasteiger partial charge in [0.05, 0.1) is 5.56 Å². The minimum atomic E-state index is -0.641. The second kappa shape index (κ2) is 6.61. The number of rotatable bonds is 4. The van der Waals surface area contributed by atoms with Crippen LogP contribution in [0.2, 0.25) is 10.3 Å². The molecule has 1 aromatic carbocycles. The first kappa shape index (κ1) is 16.7. The van der Waals surface area contributed by atoms with E-state index in [9.17, 15) is 0 Å². The van der Waals surface area contributed by atoms with E-state index in [1.54, 1.807) is 0 Å². The van der Waals surface area contributed by atoms with Crippen LogP contribution in [0.3, 0.4) is 0 Å². The van der Waals surface area contributed by atoms with Crippen LogP contribution in [-0.2, 0) is 10.3 Å². The van der Waals surface area contributed by atoms with Crippen LogP contribution < -0.4 is 0 Å². The molecule has 0 aliphatic rings. The molecule has 2 aromatic rings. The monoisotopic (exact) mass is 388 g/mol. The van der Waals surface area contributed by atoms with Crippen molar-refractivity contribution in [1.29, 1.82) is 0 Å². The Morgan fingerprint density at radius 2 is 1.81 bits per heavy atom. The van der Waals surface area contributed by atoms with E-state index in [1.165, 1.54) is 0 Å². The summed E-state index contributed by atoms with van der Waals surface area (Å²) in [6.07, 6.45) is 0. The van der Waals surface area contributed by atoms with Crippen molar-refractivity contribution in [1.82, 2.24) is 9.97 Å². The first-order valence-corrected chi connectivity index (χ1v) is 8.03. The molecule has 6 heteroatoms. The lowest BCUT2D eigenvalue weighted by molar-refractivity contribution is -0.0207. The summed E-state index contributed by atoms with van der Waals surface area (Å²) < 4.78 is 6.58. The molecule has 112 valence electrons. The fourth-order valence-electron chi connectivity index (χ4n) is 1.98. The van der Waals surface area contributed by atoms with Crippen molar-refractivity contribution in [3.05, 3.63) is 44.9 Å². The van der Waals surface area contributed by atoms with Gasteiger partial charge in [-0.05, 0) is 38.5 Å². The van der Waals surface area contributed by atoms with Crippen LogP contribution in [-0.4, -0.2) is 16.6 Å². The van der Waals surface area contributed by atoms with E-state index in [0.717, 1.165) is 10.0 Å². The predicted octanol–water partition coefficient (Wildman–Crippen LogP) is 5.48. The van der Waals surface area contributed by atoms with Gasteiger partial charge in [0.25, 0.3) is 0 Å². The molecule has 0 amide bonds. The molecule has 21 heavy (non-hydrogen) atoms. The average Bonchev–Trinajstić information content (AvgIpc) is 2.37. The maximum absolute atomic E-state index is 6.32. The van der Waals surface area contributed by atoms with Gasteiger partial charge in [-0.25, -0.2) is 9.97 Å². The van der Waals surface area contributed by atoms with E-state index in [-0.39, 0.29) is 0 Å². The lowest BCUT2D eigenvalue weighted by Crippen LogP contribution is -2.25. The third-order valence-electron chi connectivity index (χ3n) is 2.98. The Kier molecular flexibility index (Phi) is 5.25. The molecular weight excluding hydrogens is 375 g/mol. The van der Waals surface area contributed by atoms with E-state index >= 15 is 0 Å². The van der Waals surface area contributed by atoms with Crippen LogP contribution in [0, 0.1) is 0 Å². The van der Waals surface area contributed by atoms with E-state index < -0.39 is 5.60 Å². The molecule has 0 saturated carbocycles. The summed E-state index contributed by atoms with van der Waals surface area (Å²) in [6, 6.07) is 7.67. The van der Waals surface area contributed by atoms with Crippen LogP contribution in [0.4, 0.5) is 0 Å². The van der Waals surface area contributed by atoms with Crippen molar-refractivity contribution in [2.75, 3.05) is 6.61 Å². The summed E-state index contributed by atoms with van der Waals surface area (Å²) in [4.78, 5) is 8.72. The number of hydrogen-bond donors (Lipinski definition) is 0. The summed E-state index contributed by atoms with van der Waals surface area (Å²) in [5, 5.41) is 0.631. The third kappa shape index (κ3) is 3.75. The van der Waals surface area contributed by atoms with Gasteiger partial charge in [-0.1, -0.05) is 51.3 Å². The predicted molar refractivity (Wildman–Crippen MR) is 89.8 cm³/mol. The van der Waals surface area contributed by atoms with Crippen LogP contribution >= 0.6 is 39.1 Å². The normalized spacial score (nSPS) is 11.7. The highest BCUT2D eigenvalue weighted by molar-refractivity contribution is 9.10. The molecular formula is C15H15BrCl2N2O. The number of aromatic nitrogens is 2. The Hall–Kier alpha value is -0.680. The smallest absolute Gasteiger partial charge is 0.163 e. The quantitative estimate of drug-likeness (QED) is 0.649. The Morgan fingerprint density at radius 3 is 2.33 bits per heavy atom. The summed E-state index contributed by atoms with van der Waals surface area (Å²) in [5.74, 6) is 0.470. The number of nitrogens with zero attached hydrogens (tertiary/aromatic N) is 2. The van der Waals surface area contributed by atoms with Gasteiger partial charge in [-0.15, -0.1) is 0 Å². The highest BCUT2D eigenvalue weighted by Gasteiger charge is 2.27. The van der Waals surface area contributed by atoms with Gasteiger partial charge >= 0.3 is 0 Å². The standard InChI is InChI=1S/C15H15BrCl2N2O/c1-4-21-15(2,3)14-19-12(17)11(13(18)20-14)9-6-5-7-10(16)8-9/h5-8H,4H2,1-3H3. The summed E-state index contributed by atoms with van der Waals surface area (Å²) >= 11 is 16.1. The maximum Gasteiger partial charge on any atom is 0.163 e. The van der Waals surface area contributed by atoms with Crippen molar-refractivity contribution in [2.24, 2.45) is 0 Å².